The topological polar surface area (TPSA) is 45.2 Å². The first-order valence-electron chi connectivity index (χ1n) is 6.64. The number of rotatable bonds is 3. The second-order valence-electron chi connectivity index (χ2n) is 4.63. The van der Waals surface area contributed by atoms with Crippen molar-refractivity contribution in [1.29, 1.82) is 0 Å². The fraction of sp³-hybridized carbons (Fsp3) is 0. The molecule has 0 radical (unpaired) electrons. The number of carbonyl (C=O) groups is 1. The number of fused-ring (bicyclic) bond motifs is 1. The van der Waals surface area contributed by atoms with Crippen molar-refractivity contribution in [2.24, 2.45) is 0 Å². The molecule has 1 fully saturated rings. The van der Waals surface area contributed by atoms with Crippen molar-refractivity contribution in [3.05, 3.63) is 51.6 Å². The fourth-order valence-electron chi connectivity index (χ4n) is 2.08. The molecule has 0 unspecified atom stereocenters. The first-order valence-corrected chi connectivity index (χ1v) is 9.56. The van der Waals surface area contributed by atoms with Gasteiger partial charge in [-0.15, -0.1) is 11.3 Å². The minimum Gasteiger partial charge on any atom is -0.266 e. The second-order valence-corrected chi connectivity index (χ2v) is 8.32. The Morgan fingerprint density at radius 2 is 2.09 bits per heavy atom. The lowest BCUT2D eigenvalue weighted by molar-refractivity contribution is -0.121. The molecule has 3 heterocycles. The molecule has 1 aliphatic heterocycles. The Morgan fingerprint density at radius 1 is 1.22 bits per heavy atom. The first kappa shape index (κ1) is 14.8. The van der Waals surface area contributed by atoms with Crippen LogP contribution in [0.5, 0.6) is 0 Å². The Hall–Kier alpha value is -1.74. The summed E-state index contributed by atoms with van der Waals surface area (Å²) >= 11 is 9.69. The molecule has 0 bridgehead atoms. The molecule has 3 aromatic rings. The van der Waals surface area contributed by atoms with E-state index in [-0.39, 0.29) is 5.91 Å². The van der Waals surface area contributed by atoms with E-state index < -0.39 is 0 Å². The second kappa shape index (κ2) is 6.04. The van der Waals surface area contributed by atoms with Crippen LogP contribution >= 0.6 is 46.7 Å². The molecule has 23 heavy (non-hydrogen) atoms. The molecule has 4 nitrogen and oxygen atoms in total. The Labute approximate surface area is 149 Å². The van der Waals surface area contributed by atoms with Crippen LogP contribution in [0.25, 0.3) is 16.3 Å². The van der Waals surface area contributed by atoms with Crippen LogP contribution in [-0.2, 0) is 4.79 Å². The lowest BCUT2D eigenvalue weighted by Gasteiger charge is -2.14. The van der Waals surface area contributed by atoms with Gasteiger partial charge in [0.05, 0.1) is 15.1 Å². The van der Waals surface area contributed by atoms with Crippen LogP contribution in [0.1, 0.15) is 4.88 Å². The summed E-state index contributed by atoms with van der Waals surface area (Å²) in [5, 5.41) is 4.02. The molecule has 1 amide bonds. The van der Waals surface area contributed by atoms with Crippen LogP contribution < -0.4 is 5.43 Å². The fourth-order valence-corrected chi connectivity index (χ4v) is 4.84. The van der Waals surface area contributed by atoms with Gasteiger partial charge in [-0.1, -0.05) is 41.3 Å². The predicted molar refractivity (Wildman–Crippen MR) is 103 cm³/mol. The Balaban J connectivity index is 1.59. The summed E-state index contributed by atoms with van der Waals surface area (Å²) in [7, 11) is 0. The molecule has 1 aliphatic rings. The maximum Gasteiger partial charge on any atom is 0.285 e. The Bertz CT molecular complexity index is 896. The third kappa shape index (κ3) is 2.90. The summed E-state index contributed by atoms with van der Waals surface area (Å²) in [6, 6.07) is 11.8. The highest BCUT2D eigenvalue weighted by Gasteiger charge is 2.33. The van der Waals surface area contributed by atoms with Crippen LogP contribution in [-0.4, -0.2) is 20.2 Å². The van der Waals surface area contributed by atoms with Gasteiger partial charge >= 0.3 is 0 Å². The van der Waals surface area contributed by atoms with E-state index in [1.807, 2.05) is 47.9 Å². The molecular formula is C15H9N3OS4. The summed E-state index contributed by atoms with van der Waals surface area (Å²) in [6.45, 7) is 0. The third-order valence-electron chi connectivity index (χ3n) is 3.11. The minimum atomic E-state index is -0.146. The Kier molecular flexibility index (Phi) is 3.90. The molecule has 4 rings (SSSR count). The first-order chi connectivity index (χ1) is 11.2. The van der Waals surface area contributed by atoms with E-state index in [4.69, 9.17) is 12.2 Å². The van der Waals surface area contributed by atoms with Gasteiger partial charge < -0.3 is 0 Å². The van der Waals surface area contributed by atoms with Crippen LogP contribution in [0.15, 0.2) is 46.7 Å². The summed E-state index contributed by atoms with van der Waals surface area (Å²) in [5.74, 6) is -0.146. The van der Waals surface area contributed by atoms with Crippen molar-refractivity contribution in [3.63, 3.8) is 0 Å². The van der Waals surface area contributed by atoms with Crippen molar-refractivity contribution in [2.45, 2.75) is 0 Å². The number of benzene rings is 1. The zero-order valence-electron chi connectivity index (χ0n) is 11.6. The maximum atomic E-state index is 12.5. The molecule has 0 spiro atoms. The average Bonchev–Trinajstić information content (AvgIpc) is 3.24. The van der Waals surface area contributed by atoms with E-state index in [0.717, 1.165) is 15.1 Å². The van der Waals surface area contributed by atoms with Crippen molar-refractivity contribution in [1.82, 2.24) is 9.99 Å². The van der Waals surface area contributed by atoms with Gasteiger partial charge in [0, 0.05) is 4.88 Å². The SMILES string of the molecule is O=C1/C(=C/c2cccs2)SC(=S)N1Nc1nc2ccccc2s1. The van der Waals surface area contributed by atoms with Crippen molar-refractivity contribution in [2.75, 3.05) is 5.43 Å². The van der Waals surface area contributed by atoms with Gasteiger partial charge in [0.1, 0.15) is 0 Å². The number of amides is 1. The molecule has 1 saturated heterocycles. The number of hydrogen-bond acceptors (Lipinski definition) is 7. The molecule has 114 valence electrons. The number of hydrazine groups is 1. The van der Waals surface area contributed by atoms with E-state index in [9.17, 15) is 4.79 Å². The highest BCUT2D eigenvalue weighted by Crippen LogP contribution is 2.34. The normalized spacial score (nSPS) is 16.7. The van der Waals surface area contributed by atoms with Gasteiger partial charge in [0.2, 0.25) is 5.13 Å². The summed E-state index contributed by atoms with van der Waals surface area (Å²) in [6.07, 6.45) is 1.87. The number of hydrogen-bond donors (Lipinski definition) is 1. The Morgan fingerprint density at radius 3 is 2.87 bits per heavy atom. The van der Waals surface area contributed by atoms with Crippen LogP contribution in [0.2, 0.25) is 0 Å². The molecule has 0 saturated carbocycles. The highest BCUT2D eigenvalue weighted by atomic mass is 32.2. The van der Waals surface area contributed by atoms with Crippen LogP contribution in [0.4, 0.5) is 5.13 Å². The van der Waals surface area contributed by atoms with E-state index in [0.29, 0.717) is 14.4 Å². The van der Waals surface area contributed by atoms with Crippen LogP contribution in [0.3, 0.4) is 0 Å². The lowest BCUT2D eigenvalue weighted by atomic mass is 10.3. The molecular weight excluding hydrogens is 366 g/mol. The van der Waals surface area contributed by atoms with Gasteiger partial charge in [0.15, 0.2) is 4.32 Å². The zero-order valence-corrected chi connectivity index (χ0v) is 14.8. The summed E-state index contributed by atoms with van der Waals surface area (Å²) in [4.78, 5) is 18.7. The summed E-state index contributed by atoms with van der Waals surface area (Å²) < 4.78 is 1.55. The van der Waals surface area contributed by atoms with Gasteiger partial charge in [0.25, 0.3) is 5.91 Å². The average molecular weight is 376 g/mol. The standard InChI is InChI=1S/C15H9N3OS4/c19-13-12(8-9-4-3-7-21-9)23-15(20)18(13)17-14-16-10-5-1-2-6-11(10)22-14/h1-8H,(H,16,17)/b12-8-. The van der Waals surface area contributed by atoms with Crippen molar-refractivity contribution < 1.29 is 4.79 Å². The van der Waals surface area contributed by atoms with E-state index >= 15 is 0 Å². The molecule has 1 N–H and O–H groups in total. The number of nitrogens with one attached hydrogen (secondary N) is 1. The van der Waals surface area contributed by atoms with Gasteiger partial charge in [-0.05, 0) is 41.9 Å². The number of para-hydroxylation sites is 1. The molecule has 0 aliphatic carbocycles. The van der Waals surface area contributed by atoms with E-state index in [1.54, 1.807) is 11.3 Å². The van der Waals surface area contributed by atoms with Gasteiger partial charge in [-0.3, -0.25) is 10.2 Å². The minimum absolute atomic E-state index is 0.146. The number of nitrogens with zero attached hydrogens (tertiary/aromatic N) is 2. The molecule has 1 aromatic carbocycles. The van der Waals surface area contributed by atoms with Crippen LogP contribution in [0, 0.1) is 0 Å². The van der Waals surface area contributed by atoms with Crippen molar-refractivity contribution in [3.8, 4) is 0 Å². The highest BCUT2D eigenvalue weighted by molar-refractivity contribution is 8.26. The predicted octanol–water partition coefficient (Wildman–Crippen LogP) is 4.59. The zero-order chi connectivity index (χ0) is 15.8. The molecule has 8 heteroatoms. The van der Waals surface area contributed by atoms with Gasteiger partial charge in [-0.2, -0.15) is 5.01 Å². The van der Waals surface area contributed by atoms with E-state index in [1.165, 1.54) is 28.1 Å². The molecule has 2 aromatic heterocycles. The quantitative estimate of drug-likeness (QED) is 0.536. The summed E-state index contributed by atoms with van der Waals surface area (Å²) in [5.41, 5.74) is 3.93. The maximum absolute atomic E-state index is 12.5. The number of anilines is 1. The van der Waals surface area contributed by atoms with E-state index in [2.05, 4.69) is 10.4 Å². The number of thiophene rings is 1. The van der Waals surface area contributed by atoms with Crippen molar-refractivity contribution >= 4 is 78.3 Å². The molecule has 0 atom stereocenters. The number of thiazole rings is 1. The third-order valence-corrected chi connectivity index (χ3v) is 6.17. The smallest absolute Gasteiger partial charge is 0.266 e. The monoisotopic (exact) mass is 375 g/mol. The number of thiocarbonyl (C=S) groups is 1. The number of thioether (sulfide) groups is 1. The lowest BCUT2D eigenvalue weighted by Crippen LogP contribution is -2.33. The number of carbonyl (C=O) groups excluding carboxylic acids is 1. The van der Waals surface area contributed by atoms with Gasteiger partial charge in [-0.25, -0.2) is 4.98 Å². The largest absolute Gasteiger partial charge is 0.285 e. The number of aromatic nitrogens is 1.